The highest BCUT2D eigenvalue weighted by molar-refractivity contribution is 5.80. The van der Waals surface area contributed by atoms with Gasteiger partial charge in [0.2, 0.25) is 0 Å². The van der Waals surface area contributed by atoms with Gasteiger partial charge in [0, 0.05) is 34.9 Å². The van der Waals surface area contributed by atoms with Crippen molar-refractivity contribution >= 4 is 34.1 Å². The average Bonchev–Trinajstić information content (AvgIpc) is 2.56. The van der Waals surface area contributed by atoms with E-state index in [1.807, 2.05) is 47.4 Å². The number of benzene rings is 3. The Kier molecular flexibility index (Phi) is 4.03. The number of nitrogens with zero attached hydrogens (tertiary/aromatic N) is 2. The molecule has 0 aliphatic rings. The molecule has 0 heterocycles. The lowest BCUT2D eigenvalue weighted by atomic mass is 10.1. The van der Waals surface area contributed by atoms with Crippen LogP contribution in [0.5, 0.6) is 0 Å². The molecule has 0 saturated heterocycles. The van der Waals surface area contributed by atoms with E-state index in [0.29, 0.717) is 11.4 Å². The van der Waals surface area contributed by atoms with Gasteiger partial charge >= 0.3 is 0 Å². The highest BCUT2D eigenvalue weighted by Crippen LogP contribution is 2.36. The SMILES string of the molecule is Nc1cc(N)cc(N(c2ccccc2)c2ccc([N+](=O)[O-])cc2)c1. The van der Waals surface area contributed by atoms with Crippen molar-refractivity contribution in [1.29, 1.82) is 0 Å². The van der Waals surface area contributed by atoms with Crippen molar-refractivity contribution in [2.75, 3.05) is 16.4 Å². The van der Waals surface area contributed by atoms with Gasteiger partial charge in [-0.05, 0) is 42.5 Å². The molecule has 0 aromatic heterocycles. The Morgan fingerprint density at radius 2 is 1.29 bits per heavy atom. The summed E-state index contributed by atoms with van der Waals surface area (Å²) in [6, 6.07) is 21.3. The third-order valence-electron chi connectivity index (χ3n) is 3.55. The Morgan fingerprint density at radius 3 is 1.83 bits per heavy atom. The molecular formula is C18H16N4O2. The molecule has 0 aliphatic carbocycles. The minimum Gasteiger partial charge on any atom is -0.399 e. The molecule has 3 aromatic rings. The molecule has 6 nitrogen and oxygen atoms in total. The summed E-state index contributed by atoms with van der Waals surface area (Å²) in [5, 5.41) is 10.9. The maximum Gasteiger partial charge on any atom is 0.269 e. The summed E-state index contributed by atoms with van der Waals surface area (Å²) in [6.07, 6.45) is 0. The van der Waals surface area contributed by atoms with Gasteiger partial charge in [-0.2, -0.15) is 0 Å². The highest BCUT2D eigenvalue weighted by Gasteiger charge is 2.14. The van der Waals surface area contributed by atoms with Gasteiger partial charge in [-0.3, -0.25) is 10.1 Å². The number of hydrogen-bond acceptors (Lipinski definition) is 5. The third-order valence-corrected chi connectivity index (χ3v) is 3.55. The normalized spacial score (nSPS) is 10.3. The van der Waals surface area contributed by atoms with E-state index >= 15 is 0 Å². The summed E-state index contributed by atoms with van der Waals surface area (Å²) < 4.78 is 0. The van der Waals surface area contributed by atoms with Crippen LogP contribution in [0, 0.1) is 10.1 Å². The predicted molar refractivity (Wildman–Crippen MR) is 96.6 cm³/mol. The summed E-state index contributed by atoms with van der Waals surface area (Å²) in [4.78, 5) is 12.4. The van der Waals surface area contributed by atoms with Crippen LogP contribution in [-0.4, -0.2) is 4.92 Å². The number of hydrogen-bond donors (Lipinski definition) is 2. The molecule has 0 atom stereocenters. The summed E-state index contributed by atoms with van der Waals surface area (Å²) in [5.74, 6) is 0. The van der Waals surface area contributed by atoms with Crippen LogP contribution in [0.25, 0.3) is 0 Å². The number of nitro groups is 1. The van der Waals surface area contributed by atoms with E-state index in [4.69, 9.17) is 11.5 Å². The fourth-order valence-corrected chi connectivity index (χ4v) is 2.54. The lowest BCUT2D eigenvalue weighted by molar-refractivity contribution is -0.384. The third kappa shape index (κ3) is 3.12. The predicted octanol–water partition coefficient (Wildman–Crippen LogP) is 4.23. The second-order valence-electron chi connectivity index (χ2n) is 5.30. The molecule has 0 saturated carbocycles. The van der Waals surface area contributed by atoms with E-state index in [-0.39, 0.29) is 5.69 Å². The van der Waals surface area contributed by atoms with Gasteiger partial charge in [0.25, 0.3) is 5.69 Å². The molecule has 4 N–H and O–H groups in total. The molecule has 3 rings (SSSR count). The quantitative estimate of drug-likeness (QED) is 0.426. The smallest absolute Gasteiger partial charge is 0.269 e. The number of para-hydroxylation sites is 1. The van der Waals surface area contributed by atoms with E-state index < -0.39 is 4.92 Å². The van der Waals surface area contributed by atoms with Crippen molar-refractivity contribution < 1.29 is 4.92 Å². The van der Waals surface area contributed by atoms with Crippen LogP contribution < -0.4 is 16.4 Å². The van der Waals surface area contributed by atoms with Gasteiger partial charge in [-0.15, -0.1) is 0 Å². The van der Waals surface area contributed by atoms with Crippen molar-refractivity contribution in [2.24, 2.45) is 0 Å². The topological polar surface area (TPSA) is 98.4 Å². The Bertz CT molecular complexity index is 844. The van der Waals surface area contributed by atoms with Crippen LogP contribution in [0.15, 0.2) is 72.8 Å². The van der Waals surface area contributed by atoms with E-state index in [9.17, 15) is 10.1 Å². The van der Waals surface area contributed by atoms with Gasteiger partial charge in [-0.1, -0.05) is 18.2 Å². The maximum absolute atomic E-state index is 10.9. The first kappa shape index (κ1) is 15.4. The van der Waals surface area contributed by atoms with Crippen LogP contribution in [0.1, 0.15) is 0 Å². The number of nitro benzene ring substituents is 1. The highest BCUT2D eigenvalue weighted by atomic mass is 16.6. The monoisotopic (exact) mass is 320 g/mol. The summed E-state index contributed by atoms with van der Waals surface area (Å²) >= 11 is 0. The van der Waals surface area contributed by atoms with E-state index in [0.717, 1.165) is 17.1 Å². The lowest BCUT2D eigenvalue weighted by Crippen LogP contribution is -2.10. The molecule has 0 unspecified atom stereocenters. The van der Waals surface area contributed by atoms with Crippen LogP contribution in [0.2, 0.25) is 0 Å². The Labute approximate surface area is 139 Å². The van der Waals surface area contributed by atoms with Crippen LogP contribution >= 0.6 is 0 Å². The van der Waals surface area contributed by atoms with E-state index in [2.05, 4.69) is 0 Å². The molecule has 120 valence electrons. The summed E-state index contributed by atoms with van der Waals surface area (Å²) in [7, 11) is 0. The molecule has 6 heteroatoms. The van der Waals surface area contributed by atoms with Crippen molar-refractivity contribution in [3.63, 3.8) is 0 Å². The Balaban J connectivity index is 2.13. The number of non-ortho nitro benzene ring substituents is 1. The fourth-order valence-electron chi connectivity index (χ4n) is 2.54. The first-order valence-electron chi connectivity index (χ1n) is 7.30. The van der Waals surface area contributed by atoms with Gasteiger partial charge in [-0.25, -0.2) is 0 Å². The van der Waals surface area contributed by atoms with Crippen molar-refractivity contribution in [3.05, 3.63) is 82.9 Å². The lowest BCUT2D eigenvalue weighted by Gasteiger charge is -2.25. The minimum atomic E-state index is -0.421. The first-order valence-corrected chi connectivity index (χ1v) is 7.30. The minimum absolute atomic E-state index is 0.0406. The Morgan fingerprint density at radius 1 is 0.750 bits per heavy atom. The van der Waals surface area contributed by atoms with Crippen LogP contribution in [0.3, 0.4) is 0 Å². The zero-order chi connectivity index (χ0) is 17.1. The number of rotatable bonds is 4. The number of nitrogen functional groups attached to an aromatic ring is 2. The van der Waals surface area contributed by atoms with Crippen LogP contribution in [-0.2, 0) is 0 Å². The summed E-state index contributed by atoms with van der Waals surface area (Å²) in [5.41, 5.74) is 15.4. The zero-order valence-corrected chi connectivity index (χ0v) is 12.8. The van der Waals surface area contributed by atoms with Gasteiger partial charge < -0.3 is 16.4 Å². The summed E-state index contributed by atoms with van der Waals surface area (Å²) in [6.45, 7) is 0. The molecular weight excluding hydrogens is 304 g/mol. The van der Waals surface area contributed by atoms with E-state index in [1.54, 1.807) is 18.2 Å². The molecule has 0 spiro atoms. The maximum atomic E-state index is 10.9. The zero-order valence-electron chi connectivity index (χ0n) is 12.8. The van der Waals surface area contributed by atoms with Gasteiger partial charge in [0.15, 0.2) is 0 Å². The second-order valence-corrected chi connectivity index (χ2v) is 5.30. The largest absolute Gasteiger partial charge is 0.399 e. The Hall–Kier alpha value is -3.54. The molecule has 0 radical (unpaired) electrons. The van der Waals surface area contributed by atoms with Crippen molar-refractivity contribution in [2.45, 2.75) is 0 Å². The van der Waals surface area contributed by atoms with Gasteiger partial charge in [0.1, 0.15) is 0 Å². The molecule has 24 heavy (non-hydrogen) atoms. The average molecular weight is 320 g/mol. The second kappa shape index (κ2) is 6.29. The standard InChI is InChI=1S/C18H16N4O2/c19-13-10-14(20)12-18(11-13)21(15-4-2-1-3-5-15)16-6-8-17(9-7-16)22(23)24/h1-12H,19-20H2. The van der Waals surface area contributed by atoms with Gasteiger partial charge in [0.05, 0.1) is 10.6 Å². The van der Waals surface area contributed by atoms with Crippen molar-refractivity contribution in [3.8, 4) is 0 Å². The molecule has 3 aromatic carbocycles. The molecule has 0 aliphatic heterocycles. The van der Waals surface area contributed by atoms with E-state index in [1.165, 1.54) is 12.1 Å². The molecule has 0 fully saturated rings. The first-order chi connectivity index (χ1) is 11.5. The van der Waals surface area contributed by atoms with Crippen LogP contribution in [0.4, 0.5) is 34.1 Å². The number of nitrogens with two attached hydrogens (primary N) is 2. The van der Waals surface area contributed by atoms with Crippen molar-refractivity contribution in [1.82, 2.24) is 0 Å². The fraction of sp³-hybridized carbons (Fsp3) is 0. The number of anilines is 5. The molecule has 0 amide bonds. The molecule has 0 bridgehead atoms.